The highest BCUT2D eigenvalue weighted by Crippen LogP contribution is 2.23. The molecule has 0 aliphatic heterocycles. The summed E-state index contributed by atoms with van der Waals surface area (Å²) in [5, 5.41) is 12.7. The lowest BCUT2D eigenvalue weighted by molar-refractivity contribution is 0.0696. The average Bonchev–Trinajstić information content (AvgIpc) is 2.71. The van der Waals surface area contributed by atoms with Crippen LogP contribution >= 0.6 is 0 Å². The van der Waals surface area contributed by atoms with Crippen LogP contribution in [0.25, 0.3) is 0 Å². The van der Waals surface area contributed by atoms with Gasteiger partial charge in [-0.05, 0) is 38.5 Å². The van der Waals surface area contributed by atoms with Gasteiger partial charge in [0.1, 0.15) is 5.69 Å². The van der Waals surface area contributed by atoms with Gasteiger partial charge in [0.05, 0.1) is 5.56 Å². The van der Waals surface area contributed by atoms with Crippen molar-refractivity contribution in [3.05, 3.63) is 40.8 Å². The smallest absolute Gasteiger partial charge is 0.336 e. The van der Waals surface area contributed by atoms with Gasteiger partial charge in [-0.1, -0.05) is 11.2 Å². The SMILES string of the molecule is Cc1ccc(NS(=O)(=O)c2c(C)noc2C)cc1C(=O)O. The topological polar surface area (TPSA) is 110 Å². The summed E-state index contributed by atoms with van der Waals surface area (Å²) in [4.78, 5) is 11.0. The van der Waals surface area contributed by atoms with Crippen molar-refractivity contribution in [2.45, 2.75) is 25.7 Å². The fourth-order valence-electron chi connectivity index (χ4n) is 1.98. The summed E-state index contributed by atoms with van der Waals surface area (Å²) in [7, 11) is -3.89. The Balaban J connectivity index is 2.42. The predicted octanol–water partition coefficient (Wildman–Crippen LogP) is 2.10. The van der Waals surface area contributed by atoms with Crippen LogP contribution < -0.4 is 4.72 Å². The van der Waals surface area contributed by atoms with Crippen molar-refractivity contribution < 1.29 is 22.8 Å². The molecular weight excluding hydrogens is 296 g/mol. The highest BCUT2D eigenvalue weighted by atomic mass is 32.2. The van der Waals surface area contributed by atoms with Gasteiger partial charge in [0, 0.05) is 5.69 Å². The summed E-state index contributed by atoms with van der Waals surface area (Å²) in [6.45, 7) is 4.64. The van der Waals surface area contributed by atoms with E-state index in [0.717, 1.165) is 0 Å². The predicted molar refractivity (Wildman–Crippen MR) is 74.9 cm³/mol. The number of rotatable bonds is 4. The molecule has 0 saturated carbocycles. The number of aromatic nitrogens is 1. The molecule has 0 fully saturated rings. The maximum Gasteiger partial charge on any atom is 0.336 e. The van der Waals surface area contributed by atoms with Crippen LogP contribution in [0.2, 0.25) is 0 Å². The van der Waals surface area contributed by atoms with Crippen molar-refractivity contribution in [2.75, 3.05) is 4.72 Å². The second kappa shape index (κ2) is 5.21. The molecule has 1 heterocycles. The van der Waals surface area contributed by atoms with E-state index in [1.54, 1.807) is 6.92 Å². The molecule has 0 radical (unpaired) electrons. The van der Waals surface area contributed by atoms with Gasteiger partial charge in [-0.15, -0.1) is 0 Å². The van der Waals surface area contributed by atoms with Crippen molar-refractivity contribution in [3.8, 4) is 0 Å². The number of benzene rings is 1. The van der Waals surface area contributed by atoms with Crippen LogP contribution in [0.4, 0.5) is 5.69 Å². The molecule has 8 heteroatoms. The van der Waals surface area contributed by atoms with Gasteiger partial charge < -0.3 is 9.63 Å². The zero-order valence-electron chi connectivity index (χ0n) is 11.7. The van der Waals surface area contributed by atoms with Gasteiger partial charge in [0.2, 0.25) is 0 Å². The molecule has 2 rings (SSSR count). The first-order valence-corrected chi connectivity index (χ1v) is 7.50. The van der Waals surface area contributed by atoms with Gasteiger partial charge >= 0.3 is 5.97 Å². The molecule has 0 saturated heterocycles. The molecule has 0 aliphatic carbocycles. The Bertz CT molecular complexity index is 788. The van der Waals surface area contributed by atoms with Crippen LogP contribution in [0.3, 0.4) is 0 Å². The third-order valence-electron chi connectivity index (χ3n) is 2.96. The highest BCUT2D eigenvalue weighted by Gasteiger charge is 2.24. The molecule has 0 amide bonds. The zero-order valence-corrected chi connectivity index (χ0v) is 12.5. The molecule has 2 aromatic rings. The summed E-state index contributed by atoms with van der Waals surface area (Å²) in [5.41, 5.74) is 0.986. The van der Waals surface area contributed by atoms with Gasteiger partial charge in [0.15, 0.2) is 10.7 Å². The quantitative estimate of drug-likeness (QED) is 0.895. The number of anilines is 1. The molecule has 0 bridgehead atoms. The number of hydrogen-bond acceptors (Lipinski definition) is 5. The number of aryl methyl sites for hydroxylation is 3. The minimum Gasteiger partial charge on any atom is -0.478 e. The Kier molecular flexibility index (Phi) is 3.73. The first-order valence-electron chi connectivity index (χ1n) is 6.02. The Morgan fingerprint density at radius 1 is 1.29 bits per heavy atom. The number of hydrogen-bond donors (Lipinski definition) is 2. The van der Waals surface area contributed by atoms with E-state index >= 15 is 0 Å². The standard InChI is InChI=1S/C13H14N2O5S/c1-7-4-5-10(6-11(7)13(16)17)15-21(18,19)12-8(2)14-20-9(12)3/h4-6,15H,1-3H3,(H,16,17). The molecular formula is C13H14N2O5S. The average molecular weight is 310 g/mol. The van der Waals surface area contributed by atoms with Crippen LogP contribution in [0, 0.1) is 20.8 Å². The molecule has 21 heavy (non-hydrogen) atoms. The summed E-state index contributed by atoms with van der Waals surface area (Å²) < 4.78 is 31.8. The number of nitrogens with one attached hydrogen (secondary N) is 1. The Morgan fingerprint density at radius 3 is 2.48 bits per heavy atom. The van der Waals surface area contributed by atoms with E-state index in [2.05, 4.69) is 9.88 Å². The number of nitrogens with zero attached hydrogens (tertiary/aromatic N) is 1. The monoisotopic (exact) mass is 310 g/mol. The zero-order chi connectivity index (χ0) is 15.8. The fraction of sp³-hybridized carbons (Fsp3) is 0.231. The number of carboxylic acids is 1. The van der Waals surface area contributed by atoms with Crippen LogP contribution in [-0.4, -0.2) is 24.7 Å². The molecule has 7 nitrogen and oxygen atoms in total. The minimum absolute atomic E-state index is 0.0361. The van der Waals surface area contributed by atoms with Crippen LogP contribution in [0.1, 0.15) is 27.4 Å². The number of aromatic carboxylic acids is 1. The molecule has 0 atom stereocenters. The third-order valence-corrected chi connectivity index (χ3v) is 4.58. The number of carboxylic acid groups (broad SMARTS) is 1. The Morgan fingerprint density at radius 2 is 1.95 bits per heavy atom. The van der Waals surface area contributed by atoms with Crippen molar-refractivity contribution in [1.82, 2.24) is 5.16 Å². The molecule has 1 aromatic carbocycles. The van der Waals surface area contributed by atoms with Gasteiger partial charge in [-0.25, -0.2) is 13.2 Å². The molecule has 0 spiro atoms. The van der Waals surface area contributed by atoms with Gasteiger partial charge in [-0.2, -0.15) is 0 Å². The minimum atomic E-state index is -3.89. The largest absolute Gasteiger partial charge is 0.478 e. The molecule has 1 aromatic heterocycles. The summed E-state index contributed by atoms with van der Waals surface area (Å²) in [5.74, 6) is -0.948. The second-order valence-electron chi connectivity index (χ2n) is 4.59. The first-order chi connectivity index (χ1) is 9.72. The lowest BCUT2D eigenvalue weighted by atomic mass is 10.1. The Hall–Kier alpha value is -2.35. The maximum atomic E-state index is 12.3. The lowest BCUT2D eigenvalue weighted by Gasteiger charge is -2.09. The Labute approximate surface area is 121 Å². The van der Waals surface area contributed by atoms with E-state index in [1.165, 1.54) is 32.0 Å². The van der Waals surface area contributed by atoms with Crippen LogP contribution in [-0.2, 0) is 10.0 Å². The third kappa shape index (κ3) is 2.89. The van der Waals surface area contributed by atoms with E-state index in [-0.39, 0.29) is 27.6 Å². The van der Waals surface area contributed by atoms with E-state index < -0.39 is 16.0 Å². The van der Waals surface area contributed by atoms with Crippen molar-refractivity contribution in [1.29, 1.82) is 0 Å². The van der Waals surface area contributed by atoms with E-state index in [0.29, 0.717) is 5.56 Å². The molecule has 2 N–H and O–H groups in total. The van der Waals surface area contributed by atoms with Crippen LogP contribution in [0.15, 0.2) is 27.6 Å². The summed E-state index contributed by atoms with van der Waals surface area (Å²) in [6, 6.07) is 4.31. The van der Waals surface area contributed by atoms with Crippen molar-refractivity contribution >= 4 is 21.7 Å². The number of carbonyl (C=O) groups is 1. The molecule has 0 unspecified atom stereocenters. The lowest BCUT2D eigenvalue weighted by Crippen LogP contribution is -2.15. The first kappa shape index (κ1) is 15.0. The van der Waals surface area contributed by atoms with Crippen LogP contribution in [0.5, 0.6) is 0 Å². The summed E-state index contributed by atoms with van der Waals surface area (Å²) in [6.07, 6.45) is 0. The normalized spacial score (nSPS) is 11.4. The van der Waals surface area contributed by atoms with Gasteiger partial charge in [0.25, 0.3) is 10.0 Å². The van der Waals surface area contributed by atoms with E-state index in [4.69, 9.17) is 9.63 Å². The van der Waals surface area contributed by atoms with Crippen molar-refractivity contribution in [2.24, 2.45) is 0 Å². The maximum absolute atomic E-state index is 12.3. The summed E-state index contributed by atoms with van der Waals surface area (Å²) >= 11 is 0. The highest BCUT2D eigenvalue weighted by molar-refractivity contribution is 7.92. The van der Waals surface area contributed by atoms with Gasteiger partial charge in [-0.3, -0.25) is 4.72 Å². The molecule has 0 aliphatic rings. The molecule has 112 valence electrons. The fourth-order valence-corrected chi connectivity index (χ4v) is 3.36. The number of sulfonamides is 1. The van der Waals surface area contributed by atoms with E-state index in [1.807, 2.05) is 0 Å². The van der Waals surface area contributed by atoms with E-state index in [9.17, 15) is 13.2 Å². The van der Waals surface area contributed by atoms with Crippen molar-refractivity contribution in [3.63, 3.8) is 0 Å². The second-order valence-corrected chi connectivity index (χ2v) is 6.21.